The molecule has 1 N–H and O–H groups in total. The van der Waals surface area contributed by atoms with Gasteiger partial charge in [0, 0.05) is 18.4 Å². The second-order valence-corrected chi connectivity index (χ2v) is 7.16. The minimum Gasteiger partial charge on any atom is -0.441 e. The number of pyridine rings is 1. The average molecular weight is 398 g/mol. The number of rotatable bonds is 1. The summed E-state index contributed by atoms with van der Waals surface area (Å²) in [5.74, 6) is -1.49. The van der Waals surface area contributed by atoms with Crippen LogP contribution in [0.1, 0.15) is 17.0 Å². The van der Waals surface area contributed by atoms with E-state index in [-0.39, 0.29) is 11.5 Å². The number of halogens is 2. The van der Waals surface area contributed by atoms with Gasteiger partial charge in [0.05, 0.1) is 27.2 Å². The molecule has 0 saturated carbocycles. The first-order valence-electron chi connectivity index (χ1n) is 8.16. The molecule has 2 heterocycles. The van der Waals surface area contributed by atoms with E-state index in [9.17, 15) is 10.1 Å². The Kier molecular flexibility index (Phi) is 4.18. The molecule has 134 valence electrons. The molecule has 5 nitrogen and oxygen atoms in total. The van der Waals surface area contributed by atoms with Gasteiger partial charge in [0.1, 0.15) is 11.7 Å². The summed E-state index contributed by atoms with van der Waals surface area (Å²) in [6, 6.07) is 14.4. The lowest BCUT2D eigenvalue weighted by Gasteiger charge is -2.31. The van der Waals surface area contributed by atoms with Crippen LogP contribution in [0.15, 0.2) is 47.3 Å². The van der Waals surface area contributed by atoms with Crippen LogP contribution >= 0.6 is 23.2 Å². The van der Waals surface area contributed by atoms with E-state index in [1.54, 1.807) is 25.2 Å². The molecule has 4 rings (SSSR count). The van der Waals surface area contributed by atoms with E-state index in [0.29, 0.717) is 37.8 Å². The molecular formula is C20H13Cl2N3O2. The number of nitrogens with one attached hydrogen (secondary N) is 1. The Morgan fingerprint density at radius 2 is 1.93 bits per heavy atom. The van der Waals surface area contributed by atoms with E-state index >= 15 is 0 Å². The highest BCUT2D eigenvalue weighted by Gasteiger charge is 2.40. The number of aryl methyl sites for hydroxylation is 1. The van der Waals surface area contributed by atoms with Gasteiger partial charge in [-0.3, -0.25) is 10.2 Å². The van der Waals surface area contributed by atoms with E-state index in [0.717, 1.165) is 0 Å². The summed E-state index contributed by atoms with van der Waals surface area (Å²) in [6.07, 6.45) is 0. The fourth-order valence-corrected chi connectivity index (χ4v) is 3.87. The third kappa shape index (κ3) is 2.61. The molecule has 0 fully saturated rings. The smallest absolute Gasteiger partial charge is 0.258 e. The van der Waals surface area contributed by atoms with Crippen LogP contribution in [0.3, 0.4) is 0 Å². The van der Waals surface area contributed by atoms with Crippen LogP contribution in [-0.4, -0.2) is 10.5 Å². The monoisotopic (exact) mass is 397 g/mol. The van der Waals surface area contributed by atoms with Gasteiger partial charge in [-0.15, -0.1) is 0 Å². The van der Waals surface area contributed by atoms with Crippen molar-refractivity contribution in [1.82, 2.24) is 4.57 Å². The van der Waals surface area contributed by atoms with E-state index < -0.39 is 11.8 Å². The number of aromatic nitrogens is 1. The summed E-state index contributed by atoms with van der Waals surface area (Å²) in [4.78, 5) is 13.2. The topological polar surface area (TPSA) is 78.9 Å². The number of ether oxygens (including phenoxy) is 1. The van der Waals surface area contributed by atoms with E-state index in [4.69, 9.17) is 33.3 Å². The Morgan fingerprint density at radius 1 is 1.19 bits per heavy atom. The summed E-state index contributed by atoms with van der Waals surface area (Å²) in [7, 11) is 1.68. The van der Waals surface area contributed by atoms with Gasteiger partial charge in [-0.2, -0.15) is 5.26 Å². The Hall–Kier alpha value is -2.81. The van der Waals surface area contributed by atoms with Crippen molar-refractivity contribution in [1.29, 1.82) is 10.7 Å². The highest BCUT2D eigenvalue weighted by molar-refractivity contribution is 6.42. The first-order valence-corrected chi connectivity index (χ1v) is 8.92. The van der Waals surface area contributed by atoms with Crippen molar-refractivity contribution >= 4 is 40.0 Å². The number of nitrogens with zero attached hydrogens (tertiary/aromatic N) is 2. The molecular weight excluding hydrogens is 385 g/mol. The zero-order valence-electron chi connectivity index (χ0n) is 14.2. The second-order valence-electron chi connectivity index (χ2n) is 6.35. The third-order valence-corrected chi connectivity index (χ3v) is 5.61. The van der Waals surface area contributed by atoms with Crippen molar-refractivity contribution < 1.29 is 4.74 Å². The second kappa shape index (κ2) is 6.41. The van der Waals surface area contributed by atoms with Crippen LogP contribution in [0, 0.1) is 22.7 Å². The molecule has 1 aliphatic rings. The van der Waals surface area contributed by atoms with Crippen LogP contribution < -0.4 is 10.3 Å². The predicted molar refractivity (Wildman–Crippen MR) is 105 cm³/mol. The molecule has 0 saturated heterocycles. The lowest BCUT2D eigenvalue weighted by molar-refractivity contribution is 0.450. The number of para-hydroxylation sites is 1. The lowest BCUT2D eigenvalue weighted by Crippen LogP contribution is -2.37. The maximum Gasteiger partial charge on any atom is 0.258 e. The van der Waals surface area contributed by atoms with Crippen LogP contribution in [-0.2, 0) is 7.05 Å². The average Bonchev–Trinajstić information content (AvgIpc) is 2.67. The summed E-state index contributed by atoms with van der Waals surface area (Å²) < 4.78 is 7.21. The van der Waals surface area contributed by atoms with Gasteiger partial charge in [-0.1, -0.05) is 41.4 Å². The van der Waals surface area contributed by atoms with Gasteiger partial charge in [0.15, 0.2) is 0 Å². The number of hydrogen-bond acceptors (Lipinski definition) is 4. The first-order chi connectivity index (χ1) is 12.9. The summed E-state index contributed by atoms with van der Waals surface area (Å²) in [5.41, 5.74) is 1.40. The highest BCUT2D eigenvalue weighted by atomic mass is 35.5. The third-order valence-electron chi connectivity index (χ3n) is 4.87. The Labute approximate surface area is 164 Å². The zero-order valence-corrected chi connectivity index (χ0v) is 15.7. The summed E-state index contributed by atoms with van der Waals surface area (Å²) in [6.45, 7) is 0. The lowest BCUT2D eigenvalue weighted by atomic mass is 9.79. The van der Waals surface area contributed by atoms with Gasteiger partial charge in [0.25, 0.3) is 5.56 Å². The van der Waals surface area contributed by atoms with Gasteiger partial charge in [-0.05, 0) is 29.8 Å². The normalized spacial score (nSPS) is 18.7. The molecule has 2 atom stereocenters. The quantitative estimate of drug-likeness (QED) is 0.656. The van der Waals surface area contributed by atoms with Gasteiger partial charge in [-0.25, -0.2) is 0 Å². The van der Waals surface area contributed by atoms with Crippen molar-refractivity contribution in [2.45, 2.75) is 5.92 Å². The number of nitriles is 1. The maximum atomic E-state index is 13.2. The molecule has 2 aromatic carbocycles. The van der Waals surface area contributed by atoms with E-state index in [2.05, 4.69) is 6.07 Å². The molecule has 3 aromatic rings. The molecule has 0 amide bonds. The molecule has 1 aliphatic heterocycles. The summed E-state index contributed by atoms with van der Waals surface area (Å²) in [5, 5.41) is 19.3. The molecule has 0 radical (unpaired) electrons. The Morgan fingerprint density at radius 3 is 2.63 bits per heavy atom. The Balaban J connectivity index is 2.11. The molecule has 2 unspecified atom stereocenters. The van der Waals surface area contributed by atoms with Crippen molar-refractivity contribution in [2.24, 2.45) is 13.0 Å². The fourth-order valence-electron chi connectivity index (χ4n) is 3.56. The van der Waals surface area contributed by atoms with Gasteiger partial charge in [0.2, 0.25) is 5.90 Å². The molecule has 0 spiro atoms. The number of hydrogen-bond donors (Lipinski definition) is 1. The number of benzene rings is 2. The van der Waals surface area contributed by atoms with Crippen LogP contribution in [0.4, 0.5) is 0 Å². The summed E-state index contributed by atoms with van der Waals surface area (Å²) >= 11 is 12.2. The standard InChI is InChI=1S/C20H13Cl2N3O2/c1-25-15-5-3-2-4-11(15)18-17(20(25)26)16(12(9-23)19(24)27-18)10-6-7-13(21)14(22)8-10/h2-8,12,16,24H,1H3. The predicted octanol–water partition coefficient (Wildman–Crippen LogP) is 4.49. The minimum absolute atomic E-state index is 0.195. The van der Waals surface area contributed by atoms with Crippen LogP contribution in [0.25, 0.3) is 10.9 Å². The molecule has 0 aliphatic carbocycles. The van der Waals surface area contributed by atoms with E-state index in [1.165, 1.54) is 4.57 Å². The van der Waals surface area contributed by atoms with Crippen LogP contribution in [0.5, 0.6) is 5.75 Å². The van der Waals surface area contributed by atoms with Crippen molar-refractivity contribution in [3.63, 3.8) is 0 Å². The zero-order chi connectivity index (χ0) is 19.3. The fraction of sp³-hybridized carbons (Fsp3) is 0.150. The number of fused-ring (bicyclic) bond motifs is 3. The maximum absolute atomic E-state index is 13.2. The minimum atomic E-state index is -0.941. The van der Waals surface area contributed by atoms with Crippen molar-refractivity contribution in [3.05, 3.63) is 74.0 Å². The largest absolute Gasteiger partial charge is 0.441 e. The van der Waals surface area contributed by atoms with Crippen molar-refractivity contribution in [3.8, 4) is 11.8 Å². The SMILES string of the molecule is Cn1c(=O)c2c(c3ccccc31)OC(=N)C(C#N)C2c1ccc(Cl)c(Cl)c1. The molecule has 0 bridgehead atoms. The first kappa shape index (κ1) is 17.6. The molecule has 1 aromatic heterocycles. The van der Waals surface area contributed by atoms with Crippen LogP contribution in [0.2, 0.25) is 10.0 Å². The molecule has 7 heteroatoms. The Bertz CT molecular complexity index is 1210. The molecule has 27 heavy (non-hydrogen) atoms. The van der Waals surface area contributed by atoms with Crippen molar-refractivity contribution in [2.75, 3.05) is 0 Å². The van der Waals surface area contributed by atoms with Gasteiger partial charge >= 0.3 is 0 Å². The highest BCUT2D eigenvalue weighted by Crippen LogP contribution is 2.44. The van der Waals surface area contributed by atoms with E-state index in [1.807, 2.05) is 24.3 Å². The van der Waals surface area contributed by atoms with Gasteiger partial charge < -0.3 is 9.30 Å².